The molecule has 0 saturated heterocycles. The molecule has 0 aliphatic heterocycles. The van der Waals surface area contributed by atoms with Gasteiger partial charge in [0, 0.05) is 12.8 Å². The first kappa shape index (κ1) is 52.4. The standard InChI is InChI=1S/C44H75O10P/c1-3-5-7-9-11-13-15-17-19-20-22-24-26-28-30-32-34-36-44(48)54-42(40-53-55(49,50)52-38-41(46)37-45)39-51-43(47)35-33-31-29-27-25-23-21-18-16-14-12-10-8-6-4-2/h11-14,17-19,21-22,24-25,27,41-42,45-46H,3-10,15-16,20,23,26,28-40H2,1-2H3,(H,49,50)/t41-,42+/m0/s1. The van der Waals surface area contributed by atoms with Gasteiger partial charge in [0.25, 0.3) is 0 Å². The van der Waals surface area contributed by atoms with E-state index in [1.54, 1.807) is 0 Å². The SMILES string of the molecule is CCCCCC=CCC=CCC=CCCCCCCC(=O)O[C@H](COC(=O)CCCCC=CCC=CCC=CCCCCC)COP(=O)(O)OC[C@@H](O)CO. The van der Waals surface area contributed by atoms with Gasteiger partial charge in [-0.2, -0.15) is 0 Å². The molecule has 0 aromatic rings. The van der Waals surface area contributed by atoms with Gasteiger partial charge in [-0.05, 0) is 89.9 Å². The number of allylic oxidation sites excluding steroid dienone is 12. The molecule has 0 heterocycles. The van der Waals surface area contributed by atoms with Crippen LogP contribution in [0, 0.1) is 0 Å². The number of carbonyl (C=O) groups excluding carboxylic acids is 2. The second-order valence-electron chi connectivity index (χ2n) is 13.7. The molecule has 3 atom stereocenters. The maximum absolute atomic E-state index is 12.6. The van der Waals surface area contributed by atoms with E-state index in [1.807, 2.05) is 0 Å². The van der Waals surface area contributed by atoms with Gasteiger partial charge in [0.15, 0.2) is 6.10 Å². The number of phosphoric acid groups is 1. The minimum atomic E-state index is -4.63. The Morgan fingerprint density at radius 1 is 0.545 bits per heavy atom. The summed E-state index contributed by atoms with van der Waals surface area (Å²) in [6.07, 6.45) is 44.4. The molecule has 0 aliphatic rings. The topological polar surface area (TPSA) is 149 Å². The Hall–Kier alpha value is -2.59. The van der Waals surface area contributed by atoms with E-state index in [1.165, 1.54) is 38.5 Å². The smallest absolute Gasteiger partial charge is 0.462 e. The third-order valence-electron chi connectivity index (χ3n) is 8.33. The molecule has 55 heavy (non-hydrogen) atoms. The molecule has 0 bridgehead atoms. The summed E-state index contributed by atoms with van der Waals surface area (Å²) < 4.78 is 32.6. The van der Waals surface area contributed by atoms with Crippen LogP contribution >= 0.6 is 7.82 Å². The van der Waals surface area contributed by atoms with Crippen molar-refractivity contribution in [2.24, 2.45) is 0 Å². The minimum Gasteiger partial charge on any atom is -0.462 e. The first-order valence-corrected chi connectivity index (χ1v) is 22.4. The van der Waals surface area contributed by atoms with Crippen molar-refractivity contribution < 1.29 is 47.8 Å². The van der Waals surface area contributed by atoms with Crippen LogP contribution in [0.3, 0.4) is 0 Å². The molecule has 1 unspecified atom stereocenters. The Kier molecular flexibility index (Phi) is 37.8. The van der Waals surface area contributed by atoms with Gasteiger partial charge in [-0.1, -0.05) is 125 Å². The zero-order valence-electron chi connectivity index (χ0n) is 34.1. The van der Waals surface area contributed by atoms with Gasteiger partial charge in [-0.15, -0.1) is 0 Å². The van der Waals surface area contributed by atoms with Gasteiger partial charge in [-0.25, -0.2) is 4.57 Å². The Morgan fingerprint density at radius 2 is 0.945 bits per heavy atom. The van der Waals surface area contributed by atoms with Crippen LogP contribution in [0.1, 0.15) is 155 Å². The molecule has 11 heteroatoms. The quantitative estimate of drug-likeness (QED) is 0.0239. The van der Waals surface area contributed by atoms with Crippen LogP contribution < -0.4 is 0 Å². The van der Waals surface area contributed by atoms with Crippen LogP contribution in [0.2, 0.25) is 0 Å². The molecule has 0 radical (unpaired) electrons. The Bertz CT molecular complexity index is 1140. The van der Waals surface area contributed by atoms with Gasteiger partial charge in [0.05, 0.1) is 19.8 Å². The molecule has 316 valence electrons. The second kappa shape index (κ2) is 39.6. The highest BCUT2D eigenvalue weighted by atomic mass is 31.2. The summed E-state index contributed by atoms with van der Waals surface area (Å²) in [5, 5.41) is 18.3. The van der Waals surface area contributed by atoms with E-state index in [0.29, 0.717) is 12.8 Å². The lowest BCUT2D eigenvalue weighted by atomic mass is 10.1. The molecule has 0 spiro atoms. The lowest BCUT2D eigenvalue weighted by molar-refractivity contribution is -0.161. The summed E-state index contributed by atoms with van der Waals surface area (Å²) in [6.45, 7) is 2.23. The van der Waals surface area contributed by atoms with E-state index in [-0.39, 0.29) is 19.4 Å². The number of unbranched alkanes of at least 4 members (excludes halogenated alkanes) is 12. The number of rotatable bonds is 38. The molecule has 0 rings (SSSR count). The highest BCUT2D eigenvalue weighted by Gasteiger charge is 2.27. The maximum Gasteiger partial charge on any atom is 0.472 e. The summed E-state index contributed by atoms with van der Waals surface area (Å²) >= 11 is 0. The molecule has 0 amide bonds. The van der Waals surface area contributed by atoms with Gasteiger partial charge in [0.2, 0.25) is 0 Å². The summed E-state index contributed by atoms with van der Waals surface area (Å²) in [6, 6.07) is 0. The molecule has 0 fully saturated rings. The number of aliphatic hydroxyl groups is 2. The van der Waals surface area contributed by atoms with Gasteiger partial charge >= 0.3 is 19.8 Å². The van der Waals surface area contributed by atoms with Crippen molar-refractivity contribution in [2.75, 3.05) is 26.4 Å². The number of ether oxygens (including phenoxy) is 2. The number of esters is 2. The van der Waals surface area contributed by atoms with Crippen LogP contribution in [0.25, 0.3) is 0 Å². The molecular formula is C44H75O10P. The van der Waals surface area contributed by atoms with Crippen molar-refractivity contribution in [3.05, 3.63) is 72.9 Å². The summed E-state index contributed by atoms with van der Waals surface area (Å²) in [5.41, 5.74) is 0. The molecular weight excluding hydrogens is 719 g/mol. The number of hydrogen-bond donors (Lipinski definition) is 3. The Labute approximate surface area is 333 Å². The number of carbonyl (C=O) groups is 2. The van der Waals surface area contributed by atoms with Crippen molar-refractivity contribution in [1.82, 2.24) is 0 Å². The van der Waals surface area contributed by atoms with Crippen molar-refractivity contribution >= 4 is 19.8 Å². The molecule has 0 saturated carbocycles. The fourth-order valence-corrected chi connectivity index (χ4v) is 5.85. The van der Waals surface area contributed by atoms with Crippen LogP contribution in [-0.4, -0.2) is 65.7 Å². The van der Waals surface area contributed by atoms with E-state index in [2.05, 4.69) is 91.3 Å². The van der Waals surface area contributed by atoms with Crippen molar-refractivity contribution in [3.8, 4) is 0 Å². The zero-order valence-corrected chi connectivity index (χ0v) is 35.0. The van der Waals surface area contributed by atoms with E-state index in [9.17, 15) is 24.2 Å². The summed E-state index contributed by atoms with van der Waals surface area (Å²) in [4.78, 5) is 34.9. The number of hydrogen-bond acceptors (Lipinski definition) is 9. The van der Waals surface area contributed by atoms with Crippen LogP contribution in [0.5, 0.6) is 0 Å². The van der Waals surface area contributed by atoms with E-state index >= 15 is 0 Å². The predicted molar refractivity (Wildman–Crippen MR) is 223 cm³/mol. The van der Waals surface area contributed by atoms with Gasteiger partial charge in [0.1, 0.15) is 12.7 Å². The zero-order chi connectivity index (χ0) is 40.5. The normalized spacial score (nSPS) is 14.6. The Balaban J connectivity index is 4.45. The molecule has 10 nitrogen and oxygen atoms in total. The lowest BCUT2D eigenvalue weighted by Gasteiger charge is -2.20. The average molecular weight is 795 g/mol. The van der Waals surface area contributed by atoms with Gasteiger partial charge in [-0.3, -0.25) is 18.6 Å². The minimum absolute atomic E-state index is 0.146. The Morgan fingerprint density at radius 3 is 1.44 bits per heavy atom. The third-order valence-corrected chi connectivity index (χ3v) is 9.28. The van der Waals surface area contributed by atoms with Crippen molar-refractivity contribution in [3.63, 3.8) is 0 Å². The number of aliphatic hydroxyl groups excluding tert-OH is 2. The first-order chi connectivity index (χ1) is 26.7. The predicted octanol–water partition coefficient (Wildman–Crippen LogP) is 10.9. The van der Waals surface area contributed by atoms with Crippen LogP contribution in [0.4, 0.5) is 0 Å². The molecule has 0 aromatic carbocycles. The first-order valence-electron chi connectivity index (χ1n) is 20.9. The van der Waals surface area contributed by atoms with E-state index in [4.69, 9.17) is 19.1 Å². The highest BCUT2D eigenvalue weighted by Crippen LogP contribution is 2.43. The fourth-order valence-electron chi connectivity index (χ4n) is 5.06. The molecule has 0 aliphatic carbocycles. The monoisotopic (exact) mass is 795 g/mol. The summed E-state index contributed by atoms with van der Waals surface area (Å²) in [7, 11) is -4.63. The van der Waals surface area contributed by atoms with Crippen LogP contribution in [0.15, 0.2) is 72.9 Å². The highest BCUT2D eigenvalue weighted by molar-refractivity contribution is 7.47. The van der Waals surface area contributed by atoms with E-state index in [0.717, 1.165) is 77.0 Å². The van der Waals surface area contributed by atoms with E-state index < -0.39 is 51.8 Å². The van der Waals surface area contributed by atoms with Crippen molar-refractivity contribution in [2.45, 2.75) is 167 Å². The van der Waals surface area contributed by atoms with Crippen LogP contribution in [-0.2, 0) is 32.7 Å². The lowest BCUT2D eigenvalue weighted by Crippen LogP contribution is -2.29. The van der Waals surface area contributed by atoms with Gasteiger partial charge < -0.3 is 24.6 Å². The summed E-state index contributed by atoms with van der Waals surface area (Å²) in [5.74, 6) is -1.00. The number of phosphoric ester groups is 1. The third kappa shape index (κ3) is 39.4. The second-order valence-corrected chi connectivity index (χ2v) is 15.1. The maximum atomic E-state index is 12.6. The largest absolute Gasteiger partial charge is 0.472 e. The van der Waals surface area contributed by atoms with Crippen molar-refractivity contribution in [1.29, 1.82) is 0 Å². The molecule has 0 aromatic heterocycles. The average Bonchev–Trinajstić information content (AvgIpc) is 3.17. The molecule has 3 N–H and O–H groups in total. The fraction of sp³-hybridized carbons (Fsp3) is 0.682.